The van der Waals surface area contributed by atoms with Gasteiger partial charge in [-0.3, -0.25) is 24.0 Å². The van der Waals surface area contributed by atoms with E-state index in [1.807, 2.05) is 5.32 Å². The summed E-state index contributed by atoms with van der Waals surface area (Å²) in [5, 5.41) is 42.0. The molecular formula is C15H24N4O10. The predicted molar refractivity (Wildman–Crippen MR) is 93.3 cm³/mol. The van der Waals surface area contributed by atoms with Crippen molar-refractivity contribution in [1.29, 1.82) is 0 Å². The third-order valence-corrected chi connectivity index (χ3v) is 3.50. The van der Waals surface area contributed by atoms with E-state index in [1.54, 1.807) is 0 Å². The molecule has 0 rings (SSSR count). The summed E-state index contributed by atoms with van der Waals surface area (Å²) in [7, 11) is 0. The van der Waals surface area contributed by atoms with E-state index in [0.717, 1.165) is 6.92 Å². The number of hydrogen-bond acceptors (Lipinski definition) is 8. The number of nitrogens with two attached hydrogens (primary N) is 1. The van der Waals surface area contributed by atoms with Crippen LogP contribution in [0.3, 0.4) is 0 Å². The van der Waals surface area contributed by atoms with Crippen LogP contribution in [-0.4, -0.2) is 86.8 Å². The van der Waals surface area contributed by atoms with E-state index in [-0.39, 0.29) is 0 Å². The lowest BCUT2D eigenvalue weighted by Crippen LogP contribution is -2.57. The van der Waals surface area contributed by atoms with Gasteiger partial charge < -0.3 is 42.1 Å². The number of aliphatic hydroxyl groups excluding tert-OH is 1. The number of amides is 3. The highest BCUT2D eigenvalue weighted by Gasteiger charge is 2.30. The average Bonchev–Trinajstić information content (AvgIpc) is 2.59. The molecule has 4 atom stereocenters. The first kappa shape index (κ1) is 25.7. The van der Waals surface area contributed by atoms with Crippen LogP contribution in [-0.2, 0) is 28.8 Å². The molecule has 0 heterocycles. The predicted octanol–water partition coefficient (Wildman–Crippen LogP) is -3.80. The summed E-state index contributed by atoms with van der Waals surface area (Å²) in [6, 6.07) is -4.56. The van der Waals surface area contributed by atoms with E-state index in [2.05, 4.69) is 10.6 Å². The minimum absolute atomic E-state index is 0.422. The van der Waals surface area contributed by atoms with Crippen LogP contribution in [0.2, 0.25) is 0 Å². The molecule has 0 fully saturated rings. The van der Waals surface area contributed by atoms with Crippen LogP contribution in [0.5, 0.6) is 0 Å². The zero-order valence-electron chi connectivity index (χ0n) is 15.5. The number of rotatable bonds is 13. The molecule has 29 heavy (non-hydrogen) atoms. The molecule has 0 aromatic rings. The van der Waals surface area contributed by atoms with Crippen LogP contribution < -0.4 is 21.7 Å². The summed E-state index contributed by atoms with van der Waals surface area (Å²) in [6.45, 7) is 0.447. The first-order valence-electron chi connectivity index (χ1n) is 8.32. The van der Waals surface area contributed by atoms with E-state index in [9.17, 15) is 33.9 Å². The first-order valence-corrected chi connectivity index (χ1v) is 8.32. The molecule has 0 aromatic carbocycles. The van der Waals surface area contributed by atoms with E-state index in [1.165, 1.54) is 0 Å². The van der Waals surface area contributed by atoms with Gasteiger partial charge in [-0.15, -0.1) is 0 Å². The summed E-state index contributed by atoms with van der Waals surface area (Å²) >= 11 is 0. The molecular weight excluding hydrogens is 396 g/mol. The maximum Gasteiger partial charge on any atom is 0.326 e. The number of hydrogen-bond donors (Lipinski definition) is 8. The van der Waals surface area contributed by atoms with Crippen LogP contribution in [0.1, 0.15) is 26.2 Å². The third kappa shape index (κ3) is 10.6. The third-order valence-electron chi connectivity index (χ3n) is 3.50. The minimum atomic E-state index is -1.60. The Bertz CT molecular complexity index is 651. The fourth-order valence-corrected chi connectivity index (χ4v) is 2.00. The van der Waals surface area contributed by atoms with E-state index < -0.39 is 85.7 Å². The average molecular weight is 420 g/mol. The lowest BCUT2D eigenvalue weighted by Gasteiger charge is -2.23. The SMILES string of the molecule is CC(O)C(NC(=O)CNC(=O)C(N)CC(=O)O)C(=O)NC(CCC(=O)O)C(=O)O. The minimum Gasteiger partial charge on any atom is -0.481 e. The van der Waals surface area contributed by atoms with E-state index in [0.29, 0.717) is 0 Å². The Morgan fingerprint density at radius 2 is 1.52 bits per heavy atom. The van der Waals surface area contributed by atoms with Crippen molar-refractivity contribution in [3.63, 3.8) is 0 Å². The number of carbonyl (C=O) groups excluding carboxylic acids is 3. The van der Waals surface area contributed by atoms with Gasteiger partial charge in [-0.2, -0.15) is 0 Å². The Kier molecular flexibility index (Phi) is 10.9. The van der Waals surface area contributed by atoms with Crippen LogP contribution in [0.25, 0.3) is 0 Å². The maximum absolute atomic E-state index is 12.2. The highest BCUT2D eigenvalue weighted by Crippen LogP contribution is 2.01. The van der Waals surface area contributed by atoms with Gasteiger partial charge in [0.15, 0.2) is 0 Å². The van der Waals surface area contributed by atoms with Crippen LogP contribution in [0.4, 0.5) is 0 Å². The Labute approximate surface area is 164 Å². The molecule has 0 bridgehead atoms. The largest absolute Gasteiger partial charge is 0.481 e. The molecule has 0 aliphatic carbocycles. The van der Waals surface area contributed by atoms with Gasteiger partial charge in [-0.25, -0.2) is 4.79 Å². The summed E-state index contributed by atoms with van der Waals surface area (Å²) < 4.78 is 0. The normalized spacial score (nSPS) is 14.6. The number of nitrogens with one attached hydrogen (secondary N) is 3. The van der Waals surface area contributed by atoms with Gasteiger partial charge in [0, 0.05) is 6.42 Å². The molecule has 3 amide bonds. The van der Waals surface area contributed by atoms with Crippen LogP contribution in [0, 0.1) is 0 Å². The molecule has 4 unspecified atom stereocenters. The van der Waals surface area contributed by atoms with Gasteiger partial charge in [-0.1, -0.05) is 0 Å². The second-order valence-electron chi connectivity index (χ2n) is 6.04. The van der Waals surface area contributed by atoms with Crippen molar-refractivity contribution in [2.24, 2.45) is 5.73 Å². The lowest BCUT2D eigenvalue weighted by atomic mass is 10.1. The second kappa shape index (κ2) is 12.2. The molecule has 164 valence electrons. The Balaban J connectivity index is 4.83. The quantitative estimate of drug-likeness (QED) is 0.143. The number of carboxylic acids is 3. The Hall–Kier alpha value is -3.26. The highest BCUT2D eigenvalue weighted by molar-refractivity contribution is 5.93. The summed E-state index contributed by atoms with van der Waals surface area (Å²) in [5.41, 5.74) is 5.31. The molecule has 14 nitrogen and oxygen atoms in total. The zero-order valence-corrected chi connectivity index (χ0v) is 15.5. The van der Waals surface area contributed by atoms with Gasteiger partial charge >= 0.3 is 17.9 Å². The number of carbonyl (C=O) groups is 6. The fourth-order valence-electron chi connectivity index (χ4n) is 2.00. The molecule has 0 aromatic heterocycles. The van der Waals surface area contributed by atoms with Gasteiger partial charge in [-0.05, 0) is 13.3 Å². The number of aliphatic carboxylic acids is 3. The van der Waals surface area contributed by atoms with Crippen molar-refractivity contribution in [1.82, 2.24) is 16.0 Å². The molecule has 0 saturated carbocycles. The van der Waals surface area contributed by atoms with Gasteiger partial charge in [0.2, 0.25) is 17.7 Å². The van der Waals surface area contributed by atoms with Crippen molar-refractivity contribution < 1.29 is 49.2 Å². The molecule has 0 radical (unpaired) electrons. The molecule has 0 aliphatic rings. The highest BCUT2D eigenvalue weighted by atomic mass is 16.4. The summed E-state index contributed by atoms with van der Waals surface area (Å²) in [6.07, 6.45) is -3.09. The maximum atomic E-state index is 12.2. The fraction of sp³-hybridized carbons (Fsp3) is 0.600. The second-order valence-corrected chi connectivity index (χ2v) is 6.04. The zero-order chi connectivity index (χ0) is 22.7. The summed E-state index contributed by atoms with van der Waals surface area (Å²) in [4.78, 5) is 67.8. The Morgan fingerprint density at radius 3 is 1.97 bits per heavy atom. The van der Waals surface area contributed by atoms with Crippen LogP contribution in [0.15, 0.2) is 0 Å². The van der Waals surface area contributed by atoms with Crippen molar-refractivity contribution >= 4 is 35.6 Å². The monoisotopic (exact) mass is 420 g/mol. The molecule has 0 saturated heterocycles. The van der Waals surface area contributed by atoms with Crippen molar-refractivity contribution in [3.8, 4) is 0 Å². The Morgan fingerprint density at radius 1 is 0.931 bits per heavy atom. The van der Waals surface area contributed by atoms with Gasteiger partial charge in [0.1, 0.15) is 12.1 Å². The molecule has 14 heteroatoms. The van der Waals surface area contributed by atoms with Crippen molar-refractivity contribution in [3.05, 3.63) is 0 Å². The summed E-state index contributed by atoms with van der Waals surface area (Å²) in [5.74, 6) is -7.06. The van der Waals surface area contributed by atoms with E-state index in [4.69, 9.17) is 21.1 Å². The van der Waals surface area contributed by atoms with Crippen molar-refractivity contribution in [2.75, 3.05) is 6.54 Å². The topological polar surface area (TPSA) is 245 Å². The molecule has 0 spiro atoms. The number of aliphatic hydroxyl groups is 1. The number of carboxylic acid groups (broad SMARTS) is 3. The van der Waals surface area contributed by atoms with E-state index >= 15 is 0 Å². The van der Waals surface area contributed by atoms with Crippen LogP contribution >= 0.6 is 0 Å². The first-order chi connectivity index (χ1) is 13.3. The van der Waals surface area contributed by atoms with Crippen molar-refractivity contribution in [2.45, 2.75) is 50.4 Å². The smallest absolute Gasteiger partial charge is 0.326 e. The van der Waals surface area contributed by atoms with Gasteiger partial charge in [0.05, 0.1) is 25.1 Å². The standard InChI is InChI=1S/C15H24N4O10/c1-6(20)12(14(27)18-8(15(28)29)2-3-10(22)23)19-9(21)5-17-13(26)7(16)4-11(24)25/h6-8,12,20H,2-5,16H2,1H3,(H,17,26)(H,18,27)(H,19,21)(H,22,23)(H,24,25)(H,28,29). The lowest BCUT2D eigenvalue weighted by molar-refractivity contribution is -0.144. The molecule has 0 aliphatic heterocycles. The molecule has 9 N–H and O–H groups in total. The van der Waals surface area contributed by atoms with Gasteiger partial charge in [0.25, 0.3) is 0 Å².